The van der Waals surface area contributed by atoms with Crippen LogP contribution < -0.4 is 4.74 Å². The third-order valence-electron chi connectivity index (χ3n) is 4.85. The molecule has 2 aromatic carbocycles. The van der Waals surface area contributed by atoms with Crippen molar-refractivity contribution in [2.24, 2.45) is 0 Å². The van der Waals surface area contributed by atoms with Gasteiger partial charge in [0.15, 0.2) is 0 Å². The zero-order valence-electron chi connectivity index (χ0n) is 15.2. The van der Waals surface area contributed by atoms with E-state index in [0.29, 0.717) is 6.61 Å². The van der Waals surface area contributed by atoms with Crippen molar-refractivity contribution in [2.45, 2.75) is 12.6 Å². The lowest BCUT2D eigenvalue weighted by Gasteiger charge is -2.34. The van der Waals surface area contributed by atoms with E-state index in [-0.39, 0.29) is 6.04 Å². The van der Waals surface area contributed by atoms with Crippen LogP contribution in [0.3, 0.4) is 0 Å². The fraction of sp³-hybridized carbons (Fsp3) is 0.286. The van der Waals surface area contributed by atoms with Crippen LogP contribution in [0.4, 0.5) is 0 Å². The zero-order chi connectivity index (χ0) is 18.6. The highest BCUT2D eigenvalue weighted by molar-refractivity contribution is 6.30. The van der Waals surface area contributed by atoms with E-state index in [0.717, 1.165) is 47.6 Å². The summed E-state index contributed by atoms with van der Waals surface area (Å²) in [5.41, 5.74) is 3.29. The second kappa shape index (κ2) is 8.13. The maximum atomic E-state index is 5.98. The van der Waals surface area contributed by atoms with Crippen molar-refractivity contribution in [2.75, 3.05) is 26.9 Å². The molecule has 2 heterocycles. The van der Waals surface area contributed by atoms with Gasteiger partial charge in [-0.25, -0.2) is 4.98 Å². The van der Waals surface area contributed by atoms with Crippen LogP contribution in [-0.2, 0) is 11.3 Å². The van der Waals surface area contributed by atoms with Gasteiger partial charge in [-0.05, 0) is 35.4 Å². The number of hydrogen-bond donors (Lipinski definition) is 1. The van der Waals surface area contributed by atoms with Gasteiger partial charge < -0.3 is 14.5 Å². The van der Waals surface area contributed by atoms with Crippen LogP contribution in [0.2, 0.25) is 5.02 Å². The molecule has 1 saturated heterocycles. The van der Waals surface area contributed by atoms with Gasteiger partial charge in [0, 0.05) is 18.1 Å². The van der Waals surface area contributed by atoms with Gasteiger partial charge in [-0.15, -0.1) is 0 Å². The Balaban J connectivity index is 1.52. The molecule has 1 aliphatic heterocycles. The molecule has 0 spiro atoms. The van der Waals surface area contributed by atoms with Crippen molar-refractivity contribution < 1.29 is 9.47 Å². The number of halogens is 1. The van der Waals surface area contributed by atoms with Crippen LogP contribution in [0.5, 0.6) is 5.75 Å². The third kappa shape index (κ3) is 4.16. The van der Waals surface area contributed by atoms with Gasteiger partial charge in [0.05, 0.1) is 38.3 Å². The molecule has 27 heavy (non-hydrogen) atoms. The van der Waals surface area contributed by atoms with Crippen LogP contribution in [0.1, 0.15) is 17.4 Å². The SMILES string of the molecule is COc1ccc(CN2CCOCC2c2ncc(-c3ccc(Cl)cc3)[nH]2)cc1. The predicted octanol–water partition coefficient (Wildman–Crippen LogP) is 4.31. The topological polar surface area (TPSA) is 50.4 Å². The average Bonchev–Trinajstić information content (AvgIpc) is 3.19. The van der Waals surface area contributed by atoms with Crippen molar-refractivity contribution in [1.82, 2.24) is 14.9 Å². The number of aromatic amines is 1. The van der Waals surface area contributed by atoms with Crippen LogP contribution in [0.15, 0.2) is 54.7 Å². The van der Waals surface area contributed by atoms with E-state index in [1.165, 1.54) is 5.56 Å². The van der Waals surface area contributed by atoms with Crippen LogP contribution in [-0.4, -0.2) is 41.7 Å². The smallest absolute Gasteiger partial charge is 0.126 e. The van der Waals surface area contributed by atoms with Gasteiger partial charge in [-0.1, -0.05) is 35.9 Å². The Morgan fingerprint density at radius 2 is 1.96 bits per heavy atom. The molecule has 5 nitrogen and oxygen atoms in total. The van der Waals surface area contributed by atoms with Crippen molar-refractivity contribution >= 4 is 11.6 Å². The maximum Gasteiger partial charge on any atom is 0.126 e. The van der Waals surface area contributed by atoms with Crippen molar-refractivity contribution in [3.05, 3.63) is 71.1 Å². The molecule has 1 N–H and O–H groups in total. The first-order valence-electron chi connectivity index (χ1n) is 8.98. The number of morpholine rings is 1. The standard InChI is InChI=1S/C21H22ClN3O2/c1-26-18-8-2-15(3-9-18)13-25-10-11-27-14-20(25)21-23-12-19(24-21)16-4-6-17(22)7-5-16/h2-9,12,20H,10-11,13-14H2,1H3,(H,23,24). The molecule has 0 aliphatic carbocycles. The van der Waals surface area contributed by atoms with Crippen molar-refractivity contribution in [1.29, 1.82) is 0 Å². The molecule has 0 radical (unpaired) electrons. The van der Waals surface area contributed by atoms with E-state index in [1.54, 1.807) is 7.11 Å². The maximum absolute atomic E-state index is 5.98. The Morgan fingerprint density at radius 1 is 1.19 bits per heavy atom. The van der Waals surface area contributed by atoms with Gasteiger partial charge in [0.1, 0.15) is 11.6 Å². The molecule has 3 aromatic rings. The number of nitrogens with zero attached hydrogens (tertiary/aromatic N) is 2. The first kappa shape index (κ1) is 18.0. The number of methoxy groups -OCH3 is 1. The molecular weight excluding hydrogens is 362 g/mol. The molecule has 140 valence electrons. The molecule has 0 saturated carbocycles. The Kier molecular flexibility index (Phi) is 5.43. The lowest BCUT2D eigenvalue weighted by atomic mass is 10.1. The first-order chi connectivity index (χ1) is 13.2. The number of nitrogens with one attached hydrogen (secondary N) is 1. The Morgan fingerprint density at radius 3 is 2.70 bits per heavy atom. The number of rotatable bonds is 5. The summed E-state index contributed by atoms with van der Waals surface area (Å²) in [5, 5.41) is 0.727. The normalized spacial score (nSPS) is 17.8. The van der Waals surface area contributed by atoms with Gasteiger partial charge in [0.25, 0.3) is 0 Å². The number of ether oxygens (including phenoxy) is 2. The Hall–Kier alpha value is -2.34. The average molecular weight is 384 g/mol. The van der Waals surface area contributed by atoms with E-state index in [4.69, 9.17) is 21.1 Å². The monoisotopic (exact) mass is 383 g/mol. The highest BCUT2D eigenvalue weighted by atomic mass is 35.5. The van der Waals surface area contributed by atoms with Gasteiger partial charge >= 0.3 is 0 Å². The summed E-state index contributed by atoms with van der Waals surface area (Å²) in [7, 11) is 1.68. The molecule has 6 heteroatoms. The van der Waals surface area contributed by atoms with E-state index >= 15 is 0 Å². The molecule has 1 atom stereocenters. The second-order valence-corrected chi connectivity index (χ2v) is 7.03. The summed E-state index contributed by atoms with van der Waals surface area (Å²) < 4.78 is 11.0. The molecule has 0 bridgehead atoms. The number of benzene rings is 2. The van der Waals surface area contributed by atoms with E-state index in [9.17, 15) is 0 Å². The van der Waals surface area contributed by atoms with Crippen LogP contribution in [0.25, 0.3) is 11.3 Å². The lowest BCUT2D eigenvalue weighted by Crippen LogP contribution is -2.39. The van der Waals surface area contributed by atoms with E-state index in [1.807, 2.05) is 42.6 Å². The molecule has 1 aliphatic rings. The van der Waals surface area contributed by atoms with Crippen molar-refractivity contribution in [3.63, 3.8) is 0 Å². The lowest BCUT2D eigenvalue weighted by molar-refractivity contribution is -0.0156. The van der Waals surface area contributed by atoms with Gasteiger partial charge in [-0.2, -0.15) is 0 Å². The fourth-order valence-electron chi connectivity index (χ4n) is 3.33. The molecule has 0 amide bonds. The number of H-pyrrole nitrogens is 1. The Labute approximate surface area is 163 Å². The predicted molar refractivity (Wildman–Crippen MR) is 106 cm³/mol. The molecule has 1 fully saturated rings. The summed E-state index contributed by atoms with van der Waals surface area (Å²) in [6.07, 6.45) is 1.87. The highest BCUT2D eigenvalue weighted by Gasteiger charge is 2.27. The number of aromatic nitrogens is 2. The largest absolute Gasteiger partial charge is 0.497 e. The number of imidazole rings is 1. The van der Waals surface area contributed by atoms with Crippen LogP contribution in [0, 0.1) is 0 Å². The second-order valence-electron chi connectivity index (χ2n) is 6.60. The molecule has 4 rings (SSSR count). The summed E-state index contributed by atoms with van der Waals surface area (Å²) in [5.74, 6) is 1.80. The summed E-state index contributed by atoms with van der Waals surface area (Å²) in [6.45, 7) is 3.07. The van der Waals surface area contributed by atoms with E-state index < -0.39 is 0 Å². The first-order valence-corrected chi connectivity index (χ1v) is 9.36. The van der Waals surface area contributed by atoms with Gasteiger partial charge in [-0.3, -0.25) is 4.90 Å². The quantitative estimate of drug-likeness (QED) is 0.713. The minimum Gasteiger partial charge on any atom is -0.497 e. The minimum absolute atomic E-state index is 0.0990. The summed E-state index contributed by atoms with van der Waals surface area (Å²) in [6, 6.07) is 16.1. The van der Waals surface area contributed by atoms with E-state index in [2.05, 4.69) is 27.0 Å². The number of hydrogen-bond acceptors (Lipinski definition) is 4. The summed E-state index contributed by atoms with van der Waals surface area (Å²) >= 11 is 5.98. The molecular formula is C21H22ClN3O2. The highest BCUT2D eigenvalue weighted by Crippen LogP contribution is 2.27. The Bertz CT molecular complexity index is 877. The van der Waals surface area contributed by atoms with Gasteiger partial charge in [0.2, 0.25) is 0 Å². The molecule has 1 unspecified atom stereocenters. The zero-order valence-corrected chi connectivity index (χ0v) is 15.9. The van der Waals surface area contributed by atoms with Crippen LogP contribution >= 0.6 is 11.6 Å². The fourth-order valence-corrected chi connectivity index (χ4v) is 3.45. The third-order valence-corrected chi connectivity index (χ3v) is 5.10. The van der Waals surface area contributed by atoms with Crippen molar-refractivity contribution in [3.8, 4) is 17.0 Å². The minimum atomic E-state index is 0.0990. The summed E-state index contributed by atoms with van der Waals surface area (Å²) in [4.78, 5) is 10.5. The molecule has 1 aromatic heterocycles.